The Hall–Kier alpha value is -3.28. The molecule has 6 heteroatoms. The number of pyridine rings is 1. The van der Waals surface area contributed by atoms with Crippen molar-refractivity contribution < 1.29 is 4.79 Å². The Morgan fingerprint density at radius 3 is 2.62 bits per heavy atom. The zero-order chi connectivity index (χ0) is 18.7. The number of carbonyl (C=O) groups is 1. The van der Waals surface area contributed by atoms with Crippen LogP contribution in [-0.2, 0) is 4.79 Å². The van der Waals surface area contributed by atoms with E-state index in [0.717, 1.165) is 16.7 Å². The molecule has 1 N–H and O–H groups in total. The monoisotopic (exact) mass is 348 g/mol. The summed E-state index contributed by atoms with van der Waals surface area (Å²) in [6.07, 6.45) is 3.33. The number of hydrogen-bond donors (Lipinski definition) is 1. The number of anilines is 1. The molecule has 3 aromatic rings. The Bertz CT molecular complexity index is 996. The molecule has 1 atom stereocenters. The smallest absolute Gasteiger partial charge is 0.267 e. The lowest BCUT2D eigenvalue weighted by Gasteiger charge is -2.15. The molecule has 26 heavy (non-hydrogen) atoms. The van der Waals surface area contributed by atoms with Crippen molar-refractivity contribution in [3.8, 4) is 11.3 Å². The van der Waals surface area contributed by atoms with Crippen LogP contribution in [-0.4, -0.2) is 20.7 Å². The van der Waals surface area contributed by atoms with E-state index in [-0.39, 0.29) is 11.5 Å². The van der Waals surface area contributed by atoms with Crippen LogP contribution in [0.3, 0.4) is 0 Å². The van der Waals surface area contributed by atoms with Gasteiger partial charge in [0.05, 0.1) is 5.69 Å². The number of nitrogens with zero attached hydrogens (tertiary/aromatic N) is 3. The lowest BCUT2D eigenvalue weighted by atomic mass is 10.1. The second-order valence-electron chi connectivity index (χ2n) is 6.21. The first-order valence-electron chi connectivity index (χ1n) is 8.34. The van der Waals surface area contributed by atoms with Crippen molar-refractivity contribution in [2.45, 2.75) is 26.8 Å². The highest BCUT2D eigenvalue weighted by atomic mass is 16.2. The van der Waals surface area contributed by atoms with Crippen molar-refractivity contribution in [3.63, 3.8) is 0 Å². The van der Waals surface area contributed by atoms with Crippen LogP contribution >= 0.6 is 0 Å². The summed E-state index contributed by atoms with van der Waals surface area (Å²) in [5.41, 5.74) is 3.97. The molecule has 1 aromatic carbocycles. The van der Waals surface area contributed by atoms with Gasteiger partial charge in [-0.1, -0.05) is 6.07 Å². The van der Waals surface area contributed by atoms with E-state index >= 15 is 0 Å². The highest BCUT2D eigenvalue weighted by Gasteiger charge is 2.18. The van der Waals surface area contributed by atoms with Gasteiger partial charge < -0.3 is 5.32 Å². The zero-order valence-electron chi connectivity index (χ0n) is 14.9. The van der Waals surface area contributed by atoms with Crippen molar-refractivity contribution in [2.24, 2.45) is 0 Å². The van der Waals surface area contributed by atoms with Crippen LogP contribution in [0.5, 0.6) is 0 Å². The van der Waals surface area contributed by atoms with Gasteiger partial charge in [-0.25, -0.2) is 4.68 Å². The van der Waals surface area contributed by atoms with E-state index in [1.54, 1.807) is 31.5 Å². The Morgan fingerprint density at radius 2 is 1.92 bits per heavy atom. The van der Waals surface area contributed by atoms with E-state index < -0.39 is 6.04 Å². The molecular weight excluding hydrogens is 328 g/mol. The minimum absolute atomic E-state index is 0.300. The first-order valence-corrected chi connectivity index (χ1v) is 8.34. The standard InChI is InChI=1S/C20H20N4O2/c1-13-6-7-17(11-14(13)2)22-20(26)15(3)24-19(25)9-8-18(23-24)16-5-4-10-21-12-16/h4-12,15H,1-3H3,(H,22,26). The van der Waals surface area contributed by atoms with Gasteiger partial charge in [0.2, 0.25) is 5.91 Å². The molecule has 2 heterocycles. The number of hydrogen-bond acceptors (Lipinski definition) is 4. The highest BCUT2D eigenvalue weighted by molar-refractivity contribution is 5.93. The third-order valence-electron chi connectivity index (χ3n) is 4.30. The third-order valence-corrected chi connectivity index (χ3v) is 4.30. The van der Waals surface area contributed by atoms with Crippen molar-refractivity contribution >= 4 is 11.6 Å². The SMILES string of the molecule is Cc1ccc(NC(=O)C(C)n2nc(-c3cccnc3)ccc2=O)cc1C. The van der Waals surface area contributed by atoms with E-state index in [1.165, 1.54) is 10.7 Å². The number of amides is 1. The van der Waals surface area contributed by atoms with Crippen LogP contribution in [0.1, 0.15) is 24.1 Å². The van der Waals surface area contributed by atoms with Gasteiger partial charge in [-0.15, -0.1) is 0 Å². The van der Waals surface area contributed by atoms with Gasteiger partial charge in [0.15, 0.2) is 0 Å². The Kier molecular flexibility index (Phi) is 4.93. The molecule has 132 valence electrons. The van der Waals surface area contributed by atoms with Gasteiger partial charge in [0.25, 0.3) is 5.56 Å². The molecule has 2 aromatic heterocycles. The predicted octanol–water partition coefficient (Wildman–Crippen LogP) is 3.12. The summed E-state index contributed by atoms with van der Waals surface area (Å²) in [4.78, 5) is 28.8. The molecule has 1 unspecified atom stereocenters. The van der Waals surface area contributed by atoms with Gasteiger partial charge >= 0.3 is 0 Å². The maximum atomic E-state index is 12.6. The quantitative estimate of drug-likeness (QED) is 0.786. The first-order chi connectivity index (χ1) is 12.5. The minimum Gasteiger partial charge on any atom is -0.324 e. The molecule has 3 rings (SSSR count). The zero-order valence-corrected chi connectivity index (χ0v) is 14.9. The fraction of sp³-hybridized carbons (Fsp3) is 0.200. The van der Waals surface area contributed by atoms with Crippen LogP contribution in [0.15, 0.2) is 59.7 Å². The summed E-state index contributed by atoms with van der Waals surface area (Å²) in [5.74, 6) is -0.300. The summed E-state index contributed by atoms with van der Waals surface area (Å²) in [6.45, 7) is 5.65. The largest absolute Gasteiger partial charge is 0.324 e. The molecule has 0 spiro atoms. The van der Waals surface area contributed by atoms with Crippen LogP contribution in [0.25, 0.3) is 11.3 Å². The van der Waals surface area contributed by atoms with E-state index in [0.29, 0.717) is 11.4 Å². The molecule has 1 amide bonds. The number of nitrogens with one attached hydrogen (secondary N) is 1. The number of aryl methyl sites for hydroxylation is 2. The summed E-state index contributed by atoms with van der Waals surface area (Å²) in [6, 6.07) is 11.6. The minimum atomic E-state index is -0.749. The number of rotatable bonds is 4. The maximum Gasteiger partial charge on any atom is 0.267 e. The summed E-state index contributed by atoms with van der Waals surface area (Å²) < 4.78 is 1.19. The average Bonchev–Trinajstić information content (AvgIpc) is 2.65. The average molecular weight is 348 g/mol. The lowest BCUT2D eigenvalue weighted by Crippen LogP contribution is -2.33. The van der Waals surface area contributed by atoms with Crippen LogP contribution in [0.4, 0.5) is 5.69 Å². The molecule has 0 radical (unpaired) electrons. The van der Waals surface area contributed by atoms with Gasteiger partial charge in [-0.05, 0) is 62.2 Å². The molecule has 0 aliphatic rings. The fourth-order valence-corrected chi connectivity index (χ4v) is 2.55. The highest BCUT2D eigenvalue weighted by Crippen LogP contribution is 2.17. The number of carbonyl (C=O) groups excluding carboxylic acids is 1. The van der Waals surface area contributed by atoms with Crippen LogP contribution in [0, 0.1) is 13.8 Å². The molecular formula is C20H20N4O2. The second-order valence-corrected chi connectivity index (χ2v) is 6.21. The molecule has 0 bridgehead atoms. The van der Waals surface area contributed by atoms with Crippen molar-refractivity contribution in [3.05, 3.63) is 76.3 Å². The number of aromatic nitrogens is 3. The maximum absolute atomic E-state index is 12.6. The van der Waals surface area contributed by atoms with Crippen molar-refractivity contribution in [1.29, 1.82) is 0 Å². The Morgan fingerprint density at radius 1 is 1.12 bits per heavy atom. The molecule has 0 fully saturated rings. The Balaban J connectivity index is 1.86. The van der Waals surface area contributed by atoms with E-state index in [2.05, 4.69) is 15.4 Å². The topological polar surface area (TPSA) is 76.9 Å². The van der Waals surface area contributed by atoms with Gasteiger partial charge in [-0.3, -0.25) is 14.6 Å². The van der Waals surface area contributed by atoms with E-state index in [4.69, 9.17) is 0 Å². The molecule has 6 nitrogen and oxygen atoms in total. The van der Waals surface area contributed by atoms with Crippen molar-refractivity contribution in [2.75, 3.05) is 5.32 Å². The van der Waals surface area contributed by atoms with E-state index in [9.17, 15) is 9.59 Å². The second kappa shape index (κ2) is 7.31. The number of benzene rings is 1. The molecule has 0 aliphatic heterocycles. The molecule has 0 saturated heterocycles. The predicted molar refractivity (Wildman–Crippen MR) is 101 cm³/mol. The fourth-order valence-electron chi connectivity index (χ4n) is 2.55. The Labute approximate surface area is 151 Å². The molecule has 0 saturated carbocycles. The van der Waals surface area contributed by atoms with Crippen molar-refractivity contribution in [1.82, 2.24) is 14.8 Å². The van der Waals surface area contributed by atoms with E-state index in [1.807, 2.05) is 38.1 Å². The van der Waals surface area contributed by atoms with Gasteiger partial charge in [0.1, 0.15) is 6.04 Å². The summed E-state index contributed by atoms with van der Waals surface area (Å²) in [7, 11) is 0. The van der Waals surface area contributed by atoms with Crippen LogP contribution in [0.2, 0.25) is 0 Å². The lowest BCUT2D eigenvalue weighted by molar-refractivity contribution is -0.119. The van der Waals surface area contributed by atoms with Crippen LogP contribution < -0.4 is 10.9 Å². The normalized spacial score (nSPS) is 11.8. The third kappa shape index (κ3) is 3.69. The van der Waals surface area contributed by atoms with Gasteiger partial charge in [0, 0.05) is 29.7 Å². The first kappa shape index (κ1) is 17.5. The summed E-state index contributed by atoms with van der Waals surface area (Å²) in [5, 5.41) is 7.18. The molecule has 0 aliphatic carbocycles. The summed E-state index contributed by atoms with van der Waals surface area (Å²) >= 11 is 0. The van der Waals surface area contributed by atoms with Gasteiger partial charge in [-0.2, -0.15) is 5.10 Å².